The molecule has 0 amide bonds. The Morgan fingerprint density at radius 2 is 1.77 bits per heavy atom. The lowest BCUT2D eigenvalue weighted by atomic mass is 9.51. The first-order valence-electron chi connectivity index (χ1n) is 12.1. The smallest absolute Gasteiger partial charge is 0.132 e. The van der Waals surface area contributed by atoms with E-state index in [0.29, 0.717) is 25.0 Å². The van der Waals surface area contributed by atoms with Crippen molar-refractivity contribution in [1.29, 1.82) is 0 Å². The first-order chi connectivity index (χ1) is 14.3. The van der Waals surface area contributed by atoms with Gasteiger partial charge in [0.1, 0.15) is 28.0 Å². The van der Waals surface area contributed by atoms with Gasteiger partial charge in [-0.25, -0.2) is 19.6 Å². The normalized spacial score (nSPS) is 61.2. The summed E-state index contributed by atoms with van der Waals surface area (Å²) in [6.45, 7) is 5.62. The molecule has 6 heteroatoms. The maximum Gasteiger partial charge on any atom is 0.132 e. The van der Waals surface area contributed by atoms with Gasteiger partial charge in [-0.3, -0.25) is 0 Å². The summed E-state index contributed by atoms with van der Waals surface area (Å²) < 4.78 is 6.71. The van der Waals surface area contributed by atoms with E-state index in [1.54, 1.807) is 5.57 Å². The van der Waals surface area contributed by atoms with Gasteiger partial charge in [-0.05, 0) is 69.3 Å². The fourth-order valence-corrected chi connectivity index (χ4v) is 9.04. The maximum atomic E-state index is 12.0. The Labute approximate surface area is 178 Å². The third-order valence-electron chi connectivity index (χ3n) is 10.8. The molecule has 1 spiro atoms. The summed E-state index contributed by atoms with van der Waals surface area (Å²) in [5.41, 5.74) is -0.365. The second-order valence-corrected chi connectivity index (χ2v) is 11.8. The third-order valence-corrected chi connectivity index (χ3v) is 10.8. The predicted octanol–water partition coefficient (Wildman–Crippen LogP) is 3.77. The zero-order valence-electron chi connectivity index (χ0n) is 18.2. The molecule has 6 nitrogen and oxygen atoms in total. The molecule has 3 heterocycles. The summed E-state index contributed by atoms with van der Waals surface area (Å²) in [6, 6.07) is 0. The molecule has 2 unspecified atom stereocenters. The highest BCUT2D eigenvalue weighted by Gasteiger charge is 2.80. The molecule has 0 aromatic rings. The van der Waals surface area contributed by atoms with Gasteiger partial charge < -0.3 is 9.84 Å². The molecule has 3 saturated heterocycles. The topological polar surface area (TPSA) is 69.7 Å². The van der Waals surface area contributed by atoms with E-state index in [-0.39, 0.29) is 22.2 Å². The molecule has 1 N–H and O–H groups in total. The van der Waals surface area contributed by atoms with Crippen LogP contribution in [0.15, 0.2) is 11.6 Å². The van der Waals surface area contributed by atoms with Gasteiger partial charge in [-0.15, -0.1) is 0 Å². The SMILES string of the molecule is C[C@]1([C@@]2(O)CC[C@H]3[C@@H]4CCC56CC7(CCOO7)CC[C@]5(O6)C4=CC[C@@]32C)CCOO1. The molecule has 166 valence electrons. The van der Waals surface area contributed by atoms with Crippen molar-refractivity contribution in [2.45, 2.75) is 106 Å². The number of aliphatic hydroxyl groups is 1. The number of fused-ring (bicyclic) bond motifs is 3. The number of hydrogen-bond acceptors (Lipinski definition) is 6. The highest BCUT2D eigenvalue weighted by Crippen LogP contribution is 2.75. The quantitative estimate of drug-likeness (QED) is 0.397. The highest BCUT2D eigenvalue weighted by molar-refractivity contribution is 5.44. The average Bonchev–Trinajstić information content (AvgIpc) is 3.04. The summed E-state index contributed by atoms with van der Waals surface area (Å²) in [5.74, 6) is 0.983. The van der Waals surface area contributed by atoms with E-state index in [0.717, 1.165) is 64.2 Å². The van der Waals surface area contributed by atoms with Crippen LogP contribution in [-0.4, -0.2) is 46.3 Å². The van der Waals surface area contributed by atoms with Gasteiger partial charge in [0.05, 0.1) is 13.2 Å². The standard InChI is InChI=1S/C24H34O6/c1-19-6-4-18-16(17(19)5-8-24(19,25)20(2)11-13-26-29-20)3-7-22-15-21(12-14-27-30-21)9-10-23(18,22)28-22/h4,16-17,25H,3,5-15H2,1-2H3/t16-,17-,19-,20+,21?,22?,23-,24+/m0/s1. The van der Waals surface area contributed by atoms with Crippen LogP contribution >= 0.6 is 0 Å². The van der Waals surface area contributed by atoms with Crippen molar-refractivity contribution >= 4 is 0 Å². The Balaban J connectivity index is 1.23. The zero-order valence-corrected chi connectivity index (χ0v) is 18.2. The Hall–Kier alpha value is -0.500. The molecular formula is C24H34O6. The molecular weight excluding hydrogens is 384 g/mol. The minimum atomic E-state index is -0.856. The summed E-state index contributed by atoms with van der Waals surface area (Å²) in [7, 11) is 0. The van der Waals surface area contributed by atoms with Crippen molar-refractivity contribution < 1.29 is 29.4 Å². The highest BCUT2D eigenvalue weighted by atomic mass is 17.2. The number of hydrogen-bond donors (Lipinski definition) is 1. The van der Waals surface area contributed by atoms with Crippen LogP contribution in [0, 0.1) is 17.3 Å². The third kappa shape index (κ3) is 1.95. The van der Waals surface area contributed by atoms with Crippen LogP contribution in [-0.2, 0) is 24.3 Å². The molecule has 3 aliphatic heterocycles. The van der Waals surface area contributed by atoms with Gasteiger partial charge in [0.15, 0.2) is 0 Å². The average molecular weight is 419 g/mol. The molecule has 7 rings (SSSR count). The van der Waals surface area contributed by atoms with Gasteiger partial charge >= 0.3 is 0 Å². The van der Waals surface area contributed by atoms with Crippen LogP contribution in [0.1, 0.15) is 78.1 Å². The molecule has 0 radical (unpaired) electrons. The Morgan fingerprint density at radius 3 is 2.53 bits per heavy atom. The fourth-order valence-electron chi connectivity index (χ4n) is 9.04. The predicted molar refractivity (Wildman–Crippen MR) is 106 cm³/mol. The van der Waals surface area contributed by atoms with Gasteiger partial charge in [-0.1, -0.05) is 13.0 Å². The summed E-state index contributed by atoms with van der Waals surface area (Å²) in [4.78, 5) is 22.1. The minimum Gasteiger partial charge on any atom is -0.386 e. The van der Waals surface area contributed by atoms with Crippen LogP contribution in [0.5, 0.6) is 0 Å². The molecule has 3 saturated carbocycles. The molecule has 0 aromatic heterocycles. The summed E-state index contributed by atoms with van der Waals surface area (Å²) >= 11 is 0. The first-order valence-corrected chi connectivity index (χ1v) is 12.1. The van der Waals surface area contributed by atoms with Crippen molar-refractivity contribution in [3.05, 3.63) is 11.6 Å². The van der Waals surface area contributed by atoms with Gasteiger partial charge in [0.25, 0.3) is 0 Å². The van der Waals surface area contributed by atoms with E-state index in [9.17, 15) is 5.11 Å². The lowest BCUT2D eigenvalue weighted by molar-refractivity contribution is -0.352. The van der Waals surface area contributed by atoms with Crippen molar-refractivity contribution in [3.63, 3.8) is 0 Å². The first kappa shape index (κ1) is 19.0. The summed E-state index contributed by atoms with van der Waals surface area (Å²) in [6.07, 6.45) is 12.2. The molecule has 30 heavy (non-hydrogen) atoms. The van der Waals surface area contributed by atoms with E-state index in [4.69, 9.17) is 24.3 Å². The molecule has 8 atom stereocenters. The lowest BCUT2D eigenvalue weighted by Gasteiger charge is -2.55. The minimum absolute atomic E-state index is 0.0433. The van der Waals surface area contributed by atoms with E-state index in [1.807, 2.05) is 6.92 Å². The Morgan fingerprint density at radius 1 is 0.933 bits per heavy atom. The van der Waals surface area contributed by atoms with Crippen molar-refractivity contribution in [2.24, 2.45) is 17.3 Å². The van der Waals surface area contributed by atoms with Gasteiger partial charge in [0, 0.05) is 24.7 Å². The number of rotatable bonds is 1. The van der Waals surface area contributed by atoms with Crippen molar-refractivity contribution in [2.75, 3.05) is 13.2 Å². The second kappa shape index (κ2) is 5.52. The zero-order chi connectivity index (χ0) is 20.5. The monoisotopic (exact) mass is 418 g/mol. The second-order valence-electron chi connectivity index (χ2n) is 11.8. The number of ether oxygens (including phenoxy) is 1. The van der Waals surface area contributed by atoms with Crippen LogP contribution in [0.4, 0.5) is 0 Å². The van der Waals surface area contributed by atoms with Crippen LogP contribution in [0.25, 0.3) is 0 Å². The fraction of sp³-hybridized carbons (Fsp3) is 0.917. The number of allylic oxidation sites excluding steroid dienone is 1. The Kier molecular flexibility index (Phi) is 3.50. The van der Waals surface area contributed by atoms with Crippen molar-refractivity contribution in [3.8, 4) is 0 Å². The molecule has 7 aliphatic rings. The van der Waals surface area contributed by atoms with E-state index in [2.05, 4.69) is 13.0 Å². The van der Waals surface area contributed by atoms with E-state index >= 15 is 0 Å². The van der Waals surface area contributed by atoms with Crippen molar-refractivity contribution in [1.82, 2.24) is 0 Å². The molecule has 6 fully saturated rings. The van der Waals surface area contributed by atoms with Gasteiger partial charge in [0.2, 0.25) is 0 Å². The van der Waals surface area contributed by atoms with Crippen LogP contribution < -0.4 is 0 Å². The summed E-state index contributed by atoms with van der Waals surface area (Å²) in [5, 5.41) is 12.0. The maximum absolute atomic E-state index is 12.0. The largest absolute Gasteiger partial charge is 0.386 e. The van der Waals surface area contributed by atoms with E-state index in [1.165, 1.54) is 0 Å². The van der Waals surface area contributed by atoms with Crippen LogP contribution in [0.2, 0.25) is 0 Å². The molecule has 4 aliphatic carbocycles. The molecule has 0 bridgehead atoms. The lowest BCUT2D eigenvalue weighted by Crippen LogP contribution is -2.62. The van der Waals surface area contributed by atoms with E-state index < -0.39 is 11.2 Å². The number of epoxide rings is 1. The molecule has 0 aromatic carbocycles. The Bertz CT molecular complexity index is 813. The van der Waals surface area contributed by atoms with Crippen LogP contribution in [0.3, 0.4) is 0 Å². The van der Waals surface area contributed by atoms with Gasteiger partial charge in [-0.2, -0.15) is 0 Å².